The minimum Gasteiger partial charge on any atom is -0.465 e. The molecule has 0 spiro atoms. The summed E-state index contributed by atoms with van der Waals surface area (Å²) in [6.07, 6.45) is 4.76. The molecule has 0 radical (unpaired) electrons. The molecule has 1 aliphatic carbocycles. The van der Waals surface area contributed by atoms with Crippen LogP contribution in [-0.2, 0) is 33.5 Å². The quantitative estimate of drug-likeness (QED) is 0.385. The molecule has 5 rings (SSSR count). The van der Waals surface area contributed by atoms with Crippen LogP contribution in [0.25, 0.3) is 5.69 Å². The van der Waals surface area contributed by atoms with E-state index in [-0.39, 0.29) is 36.5 Å². The third-order valence-corrected chi connectivity index (χ3v) is 8.94. The van der Waals surface area contributed by atoms with Crippen molar-refractivity contribution in [3.05, 3.63) is 40.7 Å². The van der Waals surface area contributed by atoms with Crippen LogP contribution >= 0.6 is 0 Å². The fourth-order valence-corrected chi connectivity index (χ4v) is 6.73. The van der Waals surface area contributed by atoms with Crippen LogP contribution in [0, 0.1) is 11.8 Å². The molecule has 44 heavy (non-hydrogen) atoms. The predicted octanol–water partition coefficient (Wildman–Crippen LogP) is 3.05. The van der Waals surface area contributed by atoms with E-state index in [4.69, 9.17) is 9.47 Å². The summed E-state index contributed by atoms with van der Waals surface area (Å²) in [6.45, 7) is 7.25. The predicted molar refractivity (Wildman–Crippen MR) is 163 cm³/mol. The lowest BCUT2D eigenvalue weighted by Crippen LogP contribution is -2.58. The van der Waals surface area contributed by atoms with Crippen LogP contribution in [0.5, 0.6) is 0 Å². The molecule has 2 atom stereocenters. The molecule has 2 aromatic rings. The van der Waals surface area contributed by atoms with Gasteiger partial charge in [-0.3, -0.25) is 9.59 Å². The van der Waals surface area contributed by atoms with E-state index in [2.05, 4.69) is 22.4 Å². The Morgan fingerprint density at radius 3 is 2.59 bits per heavy atom. The van der Waals surface area contributed by atoms with E-state index in [0.29, 0.717) is 52.3 Å². The molecule has 3 heterocycles. The zero-order valence-electron chi connectivity index (χ0n) is 26.2. The number of unbranched alkanes of at least 4 members (excludes halogenated alkanes) is 1. The van der Waals surface area contributed by atoms with Crippen molar-refractivity contribution in [2.24, 2.45) is 11.8 Å². The molecule has 0 saturated carbocycles. The van der Waals surface area contributed by atoms with Crippen molar-refractivity contribution in [3.8, 4) is 5.69 Å². The first-order valence-electron chi connectivity index (χ1n) is 16.0. The number of hydrogen-bond donors (Lipinski definition) is 1. The van der Waals surface area contributed by atoms with Gasteiger partial charge in [0.05, 0.1) is 36.6 Å². The van der Waals surface area contributed by atoms with Gasteiger partial charge < -0.3 is 29.3 Å². The number of aromatic nitrogens is 3. The number of amides is 3. The van der Waals surface area contributed by atoms with E-state index >= 15 is 0 Å². The van der Waals surface area contributed by atoms with E-state index in [1.807, 2.05) is 19.9 Å². The SMILES string of the molecule is COCCCCc1c(C(=O)N(CC(C)C)[C@H]2C[C@@H](C(=O)N3CCOCC3)CN(C(=O)O)C2)nnn1-c1ccc2c(c1)CCC2. The van der Waals surface area contributed by atoms with Gasteiger partial charge in [-0.1, -0.05) is 25.1 Å². The number of carboxylic acid groups (broad SMARTS) is 1. The van der Waals surface area contributed by atoms with E-state index in [1.165, 1.54) is 16.0 Å². The van der Waals surface area contributed by atoms with Gasteiger partial charge in [-0.05, 0) is 74.1 Å². The van der Waals surface area contributed by atoms with Gasteiger partial charge in [0, 0.05) is 46.4 Å². The van der Waals surface area contributed by atoms with Crippen molar-refractivity contribution in [1.29, 1.82) is 0 Å². The Bertz CT molecular complexity index is 1320. The number of methoxy groups -OCH3 is 1. The van der Waals surface area contributed by atoms with Crippen molar-refractivity contribution in [3.63, 3.8) is 0 Å². The van der Waals surface area contributed by atoms with E-state index < -0.39 is 18.1 Å². The average molecular weight is 611 g/mol. The van der Waals surface area contributed by atoms with Crippen molar-refractivity contribution >= 4 is 17.9 Å². The van der Waals surface area contributed by atoms with Crippen molar-refractivity contribution in [1.82, 2.24) is 29.7 Å². The summed E-state index contributed by atoms with van der Waals surface area (Å²) < 4.78 is 12.5. The highest BCUT2D eigenvalue weighted by atomic mass is 16.5. The third kappa shape index (κ3) is 7.23. The molecule has 0 unspecified atom stereocenters. The molecule has 3 amide bonds. The highest BCUT2D eigenvalue weighted by molar-refractivity contribution is 5.94. The van der Waals surface area contributed by atoms with Gasteiger partial charge in [-0.15, -0.1) is 5.10 Å². The Morgan fingerprint density at radius 2 is 1.86 bits per heavy atom. The number of carbonyl (C=O) groups is 3. The Balaban J connectivity index is 1.46. The number of rotatable bonds is 11. The molecular weight excluding hydrogens is 564 g/mol. The second kappa shape index (κ2) is 14.5. The molecule has 2 fully saturated rings. The maximum Gasteiger partial charge on any atom is 0.407 e. The summed E-state index contributed by atoms with van der Waals surface area (Å²) in [5, 5.41) is 19.0. The molecule has 1 aromatic carbocycles. The van der Waals surface area contributed by atoms with Crippen LogP contribution < -0.4 is 0 Å². The molecule has 0 bridgehead atoms. The van der Waals surface area contributed by atoms with Crippen molar-refractivity contribution in [2.75, 3.05) is 59.7 Å². The highest BCUT2D eigenvalue weighted by Gasteiger charge is 2.41. The number of fused-ring (bicyclic) bond motifs is 1. The van der Waals surface area contributed by atoms with Gasteiger partial charge in [-0.2, -0.15) is 0 Å². The topological polar surface area (TPSA) is 130 Å². The maximum absolute atomic E-state index is 14.5. The zero-order chi connectivity index (χ0) is 31.2. The summed E-state index contributed by atoms with van der Waals surface area (Å²) >= 11 is 0. The Hall–Kier alpha value is -3.51. The number of likely N-dealkylation sites (tertiary alicyclic amines) is 1. The molecule has 1 N–H and O–H groups in total. The summed E-state index contributed by atoms with van der Waals surface area (Å²) in [4.78, 5) is 45.0. The lowest BCUT2D eigenvalue weighted by molar-refractivity contribution is -0.142. The largest absolute Gasteiger partial charge is 0.465 e. The number of hydrogen-bond acceptors (Lipinski definition) is 7. The number of morpholine rings is 1. The molecule has 240 valence electrons. The normalized spacial score (nSPS) is 20.2. The highest BCUT2D eigenvalue weighted by Crippen LogP contribution is 2.29. The first-order valence-corrected chi connectivity index (χ1v) is 16.0. The zero-order valence-corrected chi connectivity index (χ0v) is 26.2. The Morgan fingerprint density at radius 1 is 1.09 bits per heavy atom. The first-order chi connectivity index (χ1) is 21.3. The molecule has 3 aliphatic rings. The van der Waals surface area contributed by atoms with Crippen LogP contribution in [0.4, 0.5) is 4.79 Å². The smallest absolute Gasteiger partial charge is 0.407 e. The molecular formula is C32H46N6O6. The maximum atomic E-state index is 14.5. The molecule has 12 heteroatoms. The summed E-state index contributed by atoms with van der Waals surface area (Å²) in [6, 6.07) is 5.88. The number of ether oxygens (including phenoxy) is 2. The van der Waals surface area contributed by atoms with Gasteiger partial charge in [0.2, 0.25) is 5.91 Å². The van der Waals surface area contributed by atoms with Crippen LogP contribution in [0.3, 0.4) is 0 Å². The second-order valence-corrected chi connectivity index (χ2v) is 12.6. The Kier molecular flexibility index (Phi) is 10.5. The second-order valence-electron chi connectivity index (χ2n) is 12.6. The van der Waals surface area contributed by atoms with E-state index in [1.54, 1.807) is 21.6 Å². The number of benzene rings is 1. The fourth-order valence-electron chi connectivity index (χ4n) is 6.73. The molecule has 2 aliphatic heterocycles. The van der Waals surface area contributed by atoms with E-state index in [0.717, 1.165) is 43.5 Å². The van der Waals surface area contributed by atoms with Crippen molar-refractivity contribution < 1.29 is 29.0 Å². The molecule has 12 nitrogen and oxygen atoms in total. The van der Waals surface area contributed by atoms with Gasteiger partial charge in [-0.25, -0.2) is 9.48 Å². The third-order valence-electron chi connectivity index (χ3n) is 8.94. The minimum atomic E-state index is -1.09. The molecule has 1 aromatic heterocycles. The number of carbonyl (C=O) groups excluding carboxylic acids is 2. The van der Waals surface area contributed by atoms with Gasteiger partial charge >= 0.3 is 6.09 Å². The lowest BCUT2D eigenvalue weighted by atomic mass is 9.91. The summed E-state index contributed by atoms with van der Waals surface area (Å²) in [5.74, 6) is -0.782. The number of piperidine rings is 1. The lowest BCUT2D eigenvalue weighted by Gasteiger charge is -2.43. The van der Waals surface area contributed by atoms with Gasteiger partial charge in [0.15, 0.2) is 5.69 Å². The first kappa shape index (κ1) is 31.9. The van der Waals surface area contributed by atoms with Gasteiger partial charge in [0.25, 0.3) is 5.91 Å². The van der Waals surface area contributed by atoms with Crippen LogP contribution in [0.1, 0.15) is 66.8 Å². The van der Waals surface area contributed by atoms with Crippen LogP contribution in [0.15, 0.2) is 18.2 Å². The van der Waals surface area contributed by atoms with Gasteiger partial charge in [0.1, 0.15) is 0 Å². The van der Waals surface area contributed by atoms with E-state index in [9.17, 15) is 19.5 Å². The van der Waals surface area contributed by atoms with Crippen molar-refractivity contribution in [2.45, 2.75) is 64.8 Å². The standard InChI is InChI=1S/C32H46N6O6/c1-22(2)19-37(27-18-25(20-36(21-27)32(41)42)30(39)35-12-15-44-16-13-35)31(40)29-28(9-4-5-14-43-3)38(34-33-29)26-11-10-23-7-6-8-24(23)17-26/h10-11,17,22,25,27H,4-9,12-16,18-21H2,1-3H3,(H,41,42)/t25-,27+/m1/s1. The minimum absolute atomic E-state index is 0.0809. The average Bonchev–Trinajstić information content (AvgIpc) is 3.68. The summed E-state index contributed by atoms with van der Waals surface area (Å²) in [7, 11) is 1.68. The number of nitrogens with zero attached hydrogens (tertiary/aromatic N) is 6. The van der Waals surface area contributed by atoms with Crippen LogP contribution in [-0.4, -0.2) is 118 Å². The monoisotopic (exact) mass is 610 g/mol. The summed E-state index contributed by atoms with van der Waals surface area (Å²) in [5.41, 5.74) is 4.58. The Labute approximate surface area is 259 Å². The van der Waals surface area contributed by atoms with Crippen LogP contribution in [0.2, 0.25) is 0 Å². The number of aryl methyl sites for hydroxylation is 2. The fraction of sp³-hybridized carbons (Fsp3) is 0.656. The molecule has 2 saturated heterocycles.